The highest BCUT2D eigenvalue weighted by molar-refractivity contribution is 5.91. The van der Waals surface area contributed by atoms with Crippen molar-refractivity contribution in [3.63, 3.8) is 0 Å². The number of aryl methyl sites for hydroxylation is 1. The number of fused-ring (bicyclic) bond motifs is 6. The smallest absolute Gasteiger partial charge is 0.119 e. The van der Waals surface area contributed by atoms with E-state index in [-0.39, 0.29) is 5.92 Å². The van der Waals surface area contributed by atoms with Gasteiger partial charge in [-0.05, 0) is 108 Å². The molecule has 5 nitrogen and oxygen atoms in total. The minimum Gasteiger partial charge on any atom is -0.497 e. The number of methoxy groups -OCH3 is 2. The van der Waals surface area contributed by atoms with Gasteiger partial charge in [0.2, 0.25) is 0 Å². The predicted octanol–water partition coefficient (Wildman–Crippen LogP) is 13.3. The summed E-state index contributed by atoms with van der Waals surface area (Å²) in [4.78, 5) is 14.2. The third-order valence-electron chi connectivity index (χ3n) is 10.2. The van der Waals surface area contributed by atoms with Crippen LogP contribution >= 0.6 is 0 Å². The molecule has 53 heavy (non-hydrogen) atoms. The van der Waals surface area contributed by atoms with E-state index in [1.165, 1.54) is 62.5 Å². The van der Waals surface area contributed by atoms with E-state index in [9.17, 15) is 0 Å². The summed E-state index contributed by atoms with van der Waals surface area (Å²) in [5.74, 6) is 1.89. The summed E-state index contributed by atoms with van der Waals surface area (Å²) in [5, 5.41) is 0. The number of benzene rings is 2. The fourth-order valence-corrected chi connectivity index (χ4v) is 7.30. The van der Waals surface area contributed by atoms with Gasteiger partial charge < -0.3 is 14.5 Å². The Labute approximate surface area is 316 Å². The highest BCUT2D eigenvalue weighted by Crippen LogP contribution is 2.36. The van der Waals surface area contributed by atoms with Crippen LogP contribution in [0.25, 0.3) is 57.6 Å². The first-order valence-corrected chi connectivity index (χ1v) is 19.6. The quantitative estimate of drug-likeness (QED) is 0.108. The Morgan fingerprint density at radius 3 is 1.87 bits per heavy atom. The van der Waals surface area contributed by atoms with Gasteiger partial charge in [-0.2, -0.15) is 0 Å². The molecule has 274 valence electrons. The molecule has 0 amide bonds. The van der Waals surface area contributed by atoms with Gasteiger partial charge in [-0.25, -0.2) is 9.97 Å². The largest absolute Gasteiger partial charge is 0.497 e. The molecule has 2 aromatic carbocycles. The molecular formula is C48H55N3O2. The van der Waals surface area contributed by atoms with Gasteiger partial charge in [-0.1, -0.05) is 115 Å². The zero-order valence-corrected chi connectivity index (χ0v) is 32.3. The fourth-order valence-electron chi connectivity index (χ4n) is 7.30. The summed E-state index contributed by atoms with van der Waals surface area (Å²) in [6.45, 7) is 6.80. The Balaban J connectivity index is 1.54. The van der Waals surface area contributed by atoms with Gasteiger partial charge in [0.1, 0.15) is 11.5 Å². The molecule has 5 heteroatoms. The van der Waals surface area contributed by atoms with Crippen molar-refractivity contribution in [1.82, 2.24) is 15.0 Å². The second-order valence-electron chi connectivity index (χ2n) is 14.4. The summed E-state index contributed by atoms with van der Waals surface area (Å²) in [7, 11) is 3.43. The van der Waals surface area contributed by atoms with Gasteiger partial charge in [0.05, 0.1) is 37.0 Å². The number of aromatic amines is 1. The molecular weight excluding hydrogens is 651 g/mol. The van der Waals surface area contributed by atoms with Crippen molar-refractivity contribution in [3.8, 4) is 33.8 Å². The number of aromatic nitrogens is 3. The average molecular weight is 706 g/mol. The number of ether oxygens (including phenoxy) is 2. The van der Waals surface area contributed by atoms with Gasteiger partial charge in [0, 0.05) is 22.2 Å². The molecule has 4 heterocycles. The predicted molar refractivity (Wildman–Crippen MR) is 225 cm³/mol. The van der Waals surface area contributed by atoms with E-state index in [0.717, 1.165) is 80.4 Å². The molecule has 2 aliphatic rings. The Kier molecular flexibility index (Phi) is 13.2. The van der Waals surface area contributed by atoms with Crippen molar-refractivity contribution < 1.29 is 9.47 Å². The van der Waals surface area contributed by atoms with Crippen LogP contribution in [0.4, 0.5) is 0 Å². The van der Waals surface area contributed by atoms with Crippen LogP contribution in [0.3, 0.4) is 0 Å². The summed E-state index contributed by atoms with van der Waals surface area (Å²) in [6, 6.07) is 29.7. The SMILES string of the molecule is CCCCCCCCCCCc1cccc(C(C)C)c(-c2cccc(OC)c2)c2nc(cc3ccc([nH]3)c(-c3cccc(OC)c3)c3nc1C=C3)C=C2. The maximum atomic E-state index is 5.67. The number of hydrogen-bond donors (Lipinski definition) is 1. The molecule has 1 N–H and O–H groups in total. The Hall–Kier alpha value is -5.16. The van der Waals surface area contributed by atoms with Crippen LogP contribution in [0.1, 0.15) is 118 Å². The lowest BCUT2D eigenvalue weighted by Gasteiger charge is -2.13. The second-order valence-corrected chi connectivity index (χ2v) is 14.4. The van der Waals surface area contributed by atoms with Crippen LogP contribution in [-0.4, -0.2) is 29.2 Å². The molecule has 0 spiro atoms. The maximum absolute atomic E-state index is 5.67. The van der Waals surface area contributed by atoms with Crippen LogP contribution < -0.4 is 9.47 Å². The lowest BCUT2D eigenvalue weighted by Crippen LogP contribution is -1.95. The van der Waals surface area contributed by atoms with E-state index in [1.807, 2.05) is 18.2 Å². The number of H-pyrrole nitrogens is 1. The third kappa shape index (κ3) is 9.64. The van der Waals surface area contributed by atoms with Crippen molar-refractivity contribution in [2.75, 3.05) is 14.2 Å². The first kappa shape index (κ1) is 37.6. The molecule has 0 unspecified atom stereocenters. The first-order valence-electron chi connectivity index (χ1n) is 19.6. The minimum absolute atomic E-state index is 0.252. The summed E-state index contributed by atoms with van der Waals surface area (Å²) >= 11 is 0. The van der Waals surface area contributed by atoms with Gasteiger partial charge in [-0.3, -0.25) is 0 Å². The lowest BCUT2D eigenvalue weighted by molar-refractivity contribution is 0.415. The van der Waals surface area contributed by atoms with Gasteiger partial charge >= 0.3 is 0 Å². The van der Waals surface area contributed by atoms with E-state index in [0.29, 0.717) is 0 Å². The van der Waals surface area contributed by atoms with Crippen molar-refractivity contribution in [2.24, 2.45) is 0 Å². The number of nitrogens with one attached hydrogen (secondary N) is 1. The monoisotopic (exact) mass is 705 g/mol. The van der Waals surface area contributed by atoms with E-state index >= 15 is 0 Å². The maximum Gasteiger partial charge on any atom is 0.119 e. The van der Waals surface area contributed by atoms with E-state index in [2.05, 4.69) is 117 Å². The highest BCUT2D eigenvalue weighted by atomic mass is 16.5. The van der Waals surface area contributed by atoms with Gasteiger partial charge in [0.15, 0.2) is 0 Å². The summed E-state index contributed by atoms with van der Waals surface area (Å²) < 4.78 is 11.3. The van der Waals surface area contributed by atoms with E-state index < -0.39 is 0 Å². The molecule has 0 radical (unpaired) electrons. The Bertz CT molecular complexity index is 2120. The molecule has 6 rings (SSSR count). The Morgan fingerprint density at radius 1 is 0.585 bits per heavy atom. The van der Waals surface area contributed by atoms with Crippen LogP contribution in [0.2, 0.25) is 0 Å². The average Bonchev–Trinajstić information content (AvgIpc) is 3.96. The van der Waals surface area contributed by atoms with E-state index in [4.69, 9.17) is 19.4 Å². The summed E-state index contributed by atoms with van der Waals surface area (Å²) in [5.41, 5.74) is 12.5. The topological polar surface area (TPSA) is 60.0 Å². The molecule has 0 aliphatic carbocycles. The highest BCUT2D eigenvalue weighted by Gasteiger charge is 2.16. The third-order valence-corrected chi connectivity index (χ3v) is 10.2. The normalized spacial score (nSPS) is 11.9. The zero-order chi connectivity index (χ0) is 37.0. The second kappa shape index (κ2) is 18.6. The van der Waals surface area contributed by atoms with Crippen molar-refractivity contribution >= 4 is 35.3 Å². The van der Waals surface area contributed by atoms with Crippen molar-refractivity contribution in [1.29, 1.82) is 0 Å². The van der Waals surface area contributed by atoms with Gasteiger partial charge in [-0.15, -0.1) is 0 Å². The van der Waals surface area contributed by atoms with Crippen LogP contribution in [0.5, 0.6) is 11.5 Å². The van der Waals surface area contributed by atoms with Crippen LogP contribution in [-0.2, 0) is 6.42 Å². The first-order chi connectivity index (χ1) is 26.0. The number of unbranched alkanes of at least 4 members (excludes halogenated alkanes) is 8. The lowest BCUT2D eigenvalue weighted by atomic mass is 9.92. The van der Waals surface area contributed by atoms with Gasteiger partial charge in [0.25, 0.3) is 0 Å². The van der Waals surface area contributed by atoms with Crippen LogP contribution in [0.15, 0.2) is 84.9 Å². The number of nitrogens with zero attached hydrogens (tertiary/aromatic N) is 2. The van der Waals surface area contributed by atoms with Crippen LogP contribution in [0, 0.1) is 0 Å². The molecule has 0 fully saturated rings. The molecule has 6 bridgehead atoms. The molecule has 0 atom stereocenters. The summed E-state index contributed by atoms with van der Waals surface area (Å²) in [6.07, 6.45) is 21.3. The van der Waals surface area contributed by atoms with E-state index in [1.54, 1.807) is 14.2 Å². The van der Waals surface area contributed by atoms with Crippen molar-refractivity contribution in [2.45, 2.75) is 90.9 Å². The van der Waals surface area contributed by atoms with Crippen molar-refractivity contribution in [3.05, 3.63) is 119 Å². The molecule has 2 aliphatic heterocycles. The zero-order valence-electron chi connectivity index (χ0n) is 32.3. The Morgan fingerprint density at radius 2 is 1.19 bits per heavy atom. The standard InChI is InChI=1S/C48H55N3O2/c1-6-7-8-9-10-11-12-13-14-18-35-19-17-24-42(34(2)3)47(36-20-15-22-40(31-36)52-4)44-27-25-38(49-44)33-39-26-28-45(50-39)48(46-30-29-43(35)51-46)37-21-16-23-41(32-37)53-5/h15-17,19-34,50H,6-14,18H2,1-5H3. The number of hydrogen-bond acceptors (Lipinski definition) is 4. The molecule has 0 saturated heterocycles. The molecule has 2 aromatic heterocycles. The minimum atomic E-state index is 0.252. The molecule has 0 saturated carbocycles. The fraction of sp³-hybridized carbons (Fsp3) is 0.333. The molecule has 4 aromatic rings. The number of rotatable bonds is 15.